The van der Waals surface area contributed by atoms with Crippen molar-refractivity contribution >= 4 is 43.1 Å². The normalized spacial score (nSPS) is 17.4. The number of amides is 1. The molecule has 1 amide bonds. The van der Waals surface area contributed by atoms with E-state index >= 15 is 0 Å². The molecule has 2 aliphatic rings. The number of rotatable bonds is 12. The summed E-state index contributed by atoms with van der Waals surface area (Å²) in [6.45, 7) is 3.44. The molecular weight excluding hydrogens is 756 g/mol. The quantitative estimate of drug-likeness (QED) is 0.165. The van der Waals surface area contributed by atoms with E-state index in [9.17, 15) is 18.0 Å². The van der Waals surface area contributed by atoms with E-state index in [-0.39, 0.29) is 98.5 Å². The number of aromatic nitrogens is 3. The number of pyridine rings is 1. The van der Waals surface area contributed by atoms with Gasteiger partial charge in [0.05, 0.1) is 25.7 Å². The highest BCUT2D eigenvalue weighted by molar-refractivity contribution is 5.86. The van der Waals surface area contributed by atoms with Gasteiger partial charge in [-0.15, -0.1) is 37.2 Å². The second kappa shape index (κ2) is 20.0. The number of hydrogen-bond donors (Lipinski definition) is 0. The fourth-order valence-electron chi connectivity index (χ4n) is 7.03. The van der Waals surface area contributed by atoms with E-state index in [4.69, 9.17) is 14.2 Å². The fourth-order valence-corrected chi connectivity index (χ4v) is 7.03. The number of carbonyl (C=O) groups is 1. The molecule has 10 nitrogen and oxygen atoms in total. The maximum atomic E-state index is 13.6. The van der Waals surface area contributed by atoms with Gasteiger partial charge in [0, 0.05) is 69.7 Å². The largest absolute Gasteiger partial charge is 0.481 e. The highest BCUT2D eigenvalue weighted by Gasteiger charge is 2.43. The van der Waals surface area contributed by atoms with Crippen LogP contribution >= 0.6 is 37.2 Å². The third-order valence-corrected chi connectivity index (χ3v) is 9.13. The molecule has 2 unspecified atom stereocenters. The van der Waals surface area contributed by atoms with Crippen LogP contribution in [-0.4, -0.2) is 107 Å². The van der Waals surface area contributed by atoms with Crippen LogP contribution in [0.3, 0.4) is 0 Å². The molecule has 2 aliphatic heterocycles. The molecule has 0 saturated carbocycles. The molecule has 4 heterocycles. The summed E-state index contributed by atoms with van der Waals surface area (Å²) in [7, 11) is 1.41. The summed E-state index contributed by atoms with van der Waals surface area (Å²) >= 11 is 0. The van der Waals surface area contributed by atoms with Crippen molar-refractivity contribution in [3.63, 3.8) is 0 Å². The van der Waals surface area contributed by atoms with Crippen molar-refractivity contribution in [1.82, 2.24) is 29.7 Å². The van der Waals surface area contributed by atoms with Crippen LogP contribution in [0.25, 0.3) is 0 Å². The van der Waals surface area contributed by atoms with Crippen LogP contribution in [0.1, 0.15) is 35.1 Å². The van der Waals surface area contributed by atoms with E-state index in [1.165, 1.54) is 7.11 Å². The summed E-state index contributed by atoms with van der Waals surface area (Å²) < 4.78 is 56.4. The Balaban J connectivity index is 0.00000252. The third kappa shape index (κ3) is 11.1. The molecule has 2 fully saturated rings. The molecule has 2 saturated heterocycles. The SMILES string of the molecule is CCOc1nc(OC)c(CN2CC3CN(C(=O)Cc4cccnc4)CCN3C(C(c3ccccc3)c3ccccc3)C2)c(OCC(F)(F)F)n1.Cl.Cl.Cl. The molecule has 4 aromatic rings. The van der Waals surface area contributed by atoms with Gasteiger partial charge in [-0.3, -0.25) is 19.6 Å². The van der Waals surface area contributed by atoms with Crippen LogP contribution < -0.4 is 14.2 Å². The van der Waals surface area contributed by atoms with E-state index < -0.39 is 12.8 Å². The van der Waals surface area contributed by atoms with Crippen LogP contribution in [0.4, 0.5) is 13.2 Å². The van der Waals surface area contributed by atoms with Gasteiger partial charge < -0.3 is 19.1 Å². The zero-order valence-electron chi connectivity index (χ0n) is 29.4. The molecule has 2 atom stereocenters. The van der Waals surface area contributed by atoms with Crippen molar-refractivity contribution in [2.24, 2.45) is 0 Å². The summed E-state index contributed by atoms with van der Waals surface area (Å²) in [6, 6.07) is 24.1. The van der Waals surface area contributed by atoms with E-state index in [1.807, 2.05) is 53.4 Å². The van der Waals surface area contributed by atoms with Gasteiger partial charge in [-0.05, 0) is 29.7 Å². The van der Waals surface area contributed by atoms with Crippen LogP contribution in [0.5, 0.6) is 17.8 Å². The van der Waals surface area contributed by atoms with Crippen molar-refractivity contribution in [2.45, 2.75) is 44.1 Å². The lowest BCUT2D eigenvalue weighted by Gasteiger charge is -2.53. The number of nitrogens with zero attached hydrogens (tertiary/aromatic N) is 6. The number of methoxy groups -OCH3 is 1. The third-order valence-electron chi connectivity index (χ3n) is 9.13. The number of halogens is 6. The Labute approximate surface area is 326 Å². The maximum Gasteiger partial charge on any atom is 0.422 e. The monoisotopic (exact) mass is 798 g/mol. The number of piperazine rings is 2. The lowest BCUT2D eigenvalue weighted by Crippen LogP contribution is -2.67. The number of hydrogen-bond acceptors (Lipinski definition) is 9. The van der Waals surface area contributed by atoms with E-state index in [1.54, 1.807) is 19.3 Å². The molecule has 16 heteroatoms. The van der Waals surface area contributed by atoms with Gasteiger partial charge in [0.15, 0.2) is 6.61 Å². The predicted octanol–water partition coefficient (Wildman–Crippen LogP) is 6.26. The minimum atomic E-state index is -4.58. The Morgan fingerprint density at radius 1 is 0.868 bits per heavy atom. The molecule has 0 N–H and O–H groups in total. The second-order valence-electron chi connectivity index (χ2n) is 12.5. The Bertz CT molecular complexity index is 1680. The summed E-state index contributed by atoms with van der Waals surface area (Å²) in [6.07, 6.45) is -0.930. The van der Waals surface area contributed by atoms with Crippen molar-refractivity contribution in [2.75, 3.05) is 53.0 Å². The molecule has 2 aromatic heterocycles. The molecule has 0 bridgehead atoms. The minimum Gasteiger partial charge on any atom is -0.481 e. The van der Waals surface area contributed by atoms with Crippen molar-refractivity contribution < 1.29 is 32.2 Å². The van der Waals surface area contributed by atoms with E-state index in [2.05, 4.69) is 49.0 Å². The topological polar surface area (TPSA) is 93.2 Å². The fraction of sp³-hybridized carbons (Fsp3) is 0.405. The summed E-state index contributed by atoms with van der Waals surface area (Å²) in [5.41, 5.74) is 3.44. The summed E-state index contributed by atoms with van der Waals surface area (Å²) in [4.78, 5) is 32.9. The van der Waals surface area contributed by atoms with E-state index in [0.717, 1.165) is 16.7 Å². The average Bonchev–Trinajstić information content (AvgIpc) is 3.12. The van der Waals surface area contributed by atoms with Crippen LogP contribution in [0.15, 0.2) is 85.2 Å². The standard InChI is InChI=1S/C37H41F3N6O4.3ClH/c1-3-49-36-42-34(48-2)30(35(43-36)50-25-37(38,39)40)23-44-21-29-22-45(32(47)19-26-11-10-16-41-20-26)17-18-46(29)31(24-44)33(27-12-6-4-7-13-27)28-14-8-5-9-15-28;;;/h4-16,20,29,31,33H,3,17-19,21-25H2,1-2H3;3*1H. The van der Waals surface area contributed by atoms with Crippen molar-refractivity contribution in [3.8, 4) is 17.8 Å². The smallest absolute Gasteiger partial charge is 0.422 e. The molecule has 53 heavy (non-hydrogen) atoms. The zero-order chi connectivity index (χ0) is 35.1. The van der Waals surface area contributed by atoms with Crippen LogP contribution in [0, 0.1) is 0 Å². The van der Waals surface area contributed by atoms with Gasteiger partial charge in [-0.2, -0.15) is 23.1 Å². The molecule has 0 spiro atoms. The molecular formula is C37H44Cl3F3N6O4. The van der Waals surface area contributed by atoms with Crippen LogP contribution in [0.2, 0.25) is 0 Å². The zero-order valence-corrected chi connectivity index (χ0v) is 31.8. The number of carbonyl (C=O) groups excluding carboxylic acids is 1. The first-order valence-electron chi connectivity index (χ1n) is 16.7. The van der Waals surface area contributed by atoms with Gasteiger partial charge in [0.25, 0.3) is 0 Å². The summed E-state index contributed by atoms with van der Waals surface area (Å²) in [5.74, 6) is -0.159. The minimum absolute atomic E-state index is 0. The van der Waals surface area contributed by atoms with Gasteiger partial charge in [0.2, 0.25) is 17.7 Å². The lowest BCUT2D eigenvalue weighted by molar-refractivity contribution is -0.154. The number of benzene rings is 2. The number of alkyl halides is 3. The van der Waals surface area contributed by atoms with E-state index in [0.29, 0.717) is 38.3 Å². The molecule has 2 aromatic carbocycles. The Hall–Kier alpha value is -3.88. The molecule has 288 valence electrons. The van der Waals surface area contributed by atoms with Gasteiger partial charge in [-0.25, -0.2) is 0 Å². The van der Waals surface area contributed by atoms with Crippen molar-refractivity contribution in [1.29, 1.82) is 0 Å². The average molecular weight is 800 g/mol. The molecule has 0 radical (unpaired) electrons. The first-order chi connectivity index (χ1) is 24.2. The number of fused-ring (bicyclic) bond motifs is 1. The van der Waals surface area contributed by atoms with Gasteiger partial charge in [0.1, 0.15) is 0 Å². The second-order valence-corrected chi connectivity index (χ2v) is 12.5. The predicted molar refractivity (Wildman–Crippen MR) is 202 cm³/mol. The molecule has 0 aliphatic carbocycles. The van der Waals surface area contributed by atoms with Gasteiger partial charge >= 0.3 is 12.2 Å². The maximum absolute atomic E-state index is 13.6. The van der Waals surface area contributed by atoms with Gasteiger partial charge in [-0.1, -0.05) is 66.7 Å². The molecule has 6 rings (SSSR count). The Morgan fingerprint density at radius 3 is 2.11 bits per heavy atom. The first kappa shape index (κ1) is 43.5. The highest BCUT2D eigenvalue weighted by atomic mass is 35.5. The van der Waals surface area contributed by atoms with Crippen LogP contribution in [-0.2, 0) is 17.8 Å². The first-order valence-corrected chi connectivity index (χ1v) is 16.7. The lowest BCUT2D eigenvalue weighted by atomic mass is 9.81. The highest BCUT2D eigenvalue weighted by Crippen LogP contribution is 2.38. The summed E-state index contributed by atoms with van der Waals surface area (Å²) in [5, 5.41) is 0. The van der Waals surface area contributed by atoms with Crippen molar-refractivity contribution in [3.05, 3.63) is 107 Å². The number of ether oxygens (including phenoxy) is 3. The Kier molecular flexibility index (Phi) is 16.4. The Morgan fingerprint density at radius 2 is 1.53 bits per heavy atom.